The lowest BCUT2D eigenvalue weighted by Gasteiger charge is -2.35. The van der Waals surface area contributed by atoms with Gasteiger partial charge in [0.25, 0.3) is 0 Å². The predicted molar refractivity (Wildman–Crippen MR) is 238 cm³/mol. The lowest BCUT2D eigenvalue weighted by atomic mass is 9.84. The number of hydrogen-bond acceptors (Lipinski definition) is 7. The Morgan fingerprint density at radius 2 is 0.869 bits per heavy atom. The number of sulfone groups is 2. The van der Waals surface area contributed by atoms with Gasteiger partial charge in [0.1, 0.15) is 0 Å². The third-order valence-electron chi connectivity index (χ3n) is 12.0. The first kappa shape index (κ1) is 37.2. The van der Waals surface area contributed by atoms with E-state index in [2.05, 4.69) is 10.8 Å². The Hall–Kier alpha value is -6.85. The third-order valence-corrected chi connectivity index (χ3v) is 17.9. The van der Waals surface area contributed by atoms with Crippen LogP contribution in [0.3, 0.4) is 0 Å². The van der Waals surface area contributed by atoms with E-state index in [-0.39, 0.29) is 32.6 Å². The van der Waals surface area contributed by atoms with Gasteiger partial charge < -0.3 is 4.90 Å². The maximum atomic E-state index is 14.3. The third kappa shape index (κ3) is 5.49. The van der Waals surface area contributed by atoms with E-state index in [1.165, 1.54) is 6.07 Å². The summed E-state index contributed by atoms with van der Waals surface area (Å²) in [5, 5.41) is 0. The molecule has 0 radical (unpaired) electrons. The molecular weight excluding hydrogens is 819 g/mol. The SMILES string of the molecule is C=S1(=O)c2ccccc2N(c2ccc(-c3ccc4c(c3)S(=O)(=O)c3ccc(-c5ccc(C6c7ccccc7S(=O)(=O)c7ccccc76)cc5)cc3C4=O)cc2)c2ccccc21. The van der Waals surface area contributed by atoms with Crippen molar-refractivity contribution in [2.75, 3.05) is 4.90 Å². The van der Waals surface area contributed by atoms with Gasteiger partial charge in [0.15, 0.2) is 5.78 Å². The zero-order valence-corrected chi connectivity index (χ0v) is 34.7. The van der Waals surface area contributed by atoms with Crippen molar-refractivity contribution in [3.05, 3.63) is 210 Å². The number of rotatable bonds is 4. The van der Waals surface area contributed by atoms with Crippen LogP contribution in [0.1, 0.15) is 38.5 Å². The molecule has 0 fully saturated rings. The van der Waals surface area contributed by atoms with Gasteiger partial charge in [-0.2, -0.15) is 0 Å². The van der Waals surface area contributed by atoms with Crippen LogP contribution in [0.4, 0.5) is 17.1 Å². The second-order valence-electron chi connectivity index (χ2n) is 15.4. The van der Waals surface area contributed by atoms with E-state index in [0.29, 0.717) is 41.8 Å². The fourth-order valence-electron chi connectivity index (χ4n) is 9.11. The summed E-state index contributed by atoms with van der Waals surface area (Å²) >= 11 is 0. The lowest BCUT2D eigenvalue weighted by Crippen LogP contribution is -2.21. The van der Waals surface area contributed by atoms with E-state index >= 15 is 0 Å². The molecule has 0 aromatic heterocycles. The Balaban J connectivity index is 0.904. The van der Waals surface area contributed by atoms with Gasteiger partial charge in [0.2, 0.25) is 19.7 Å². The van der Waals surface area contributed by atoms with Crippen LogP contribution >= 0.6 is 0 Å². The summed E-state index contributed by atoms with van der Waals surface area (Å²) in [4.78, 5) is 18.0. The normalized spacial score (nSPS) is 16.3. The van der Waals surface area contributed by atoms with Gasteiger partial charge in [-0.05, 0) is 118 Å². The number of ketones is 1. The highest BCUT2D eigenvalue weighted by Gasteiger charge is 2.38. The van der Waals surface area contributed by atoms with E-state index in [1.54, 1.807) is 54.6 Å². The molecule has 3 aliphatic rings. The Kier molecular flexibility index (Phi) is 8.12. The maximum Gasteiger partial charge on any atom is 0.208 e. The van der Waals surface area contributed by atoms with Crippen molar-refractivity contribution in [3.8, 4) is 22.3 Å². The first-order valence-corrected chi connectivity index (χ1v) is 24.2. The molecule has 0 saturated heterocycles. The van der Waals surface area contributed by atoms with Crippen LogP contribution < -0.4 is 4.90 Å². The van der Waals surface area contributed by atoms with Crippen molar-refractivity contribution in [3.63, 3.8) is 0 Å². The highest BCUT2D eigenvalue weighted by molar-refractivity contribution is 8.00. The summed E-state index contributed by atoms with van der Waals surface area (Å²) in [6.07, 6.45) is 0. The van der Waals surface area contributed by atoms with Gasteiger partial charge in [-0.15, -0.1) is 0 Å². The molecule has 3 aliphatic heterocycles. The molecule has 0 N–H and O–H groups in total. The van der Waals surface area contributed by atoms with Crippen LogP contribution in [0, 0.1) is 0 Å². The minimum absolute atomic E-state index is 0.0390. The number of carbonyl (C=O) groups is 1. The predicted octanol–water partition coefficient (Wildman–Crippen LogP) is 10.6. The highest BCUT2D eigenvalue weighted by atomic mass is 32.2. The summed E-state index contributed by atoms with van der Waals surface area (Å²) in [5.41, 5.74) is 7.80. The smallest absolute Gasteiger partial charge is 0.208 e. The van der Waals surface area contributed by atoms with Crippen molar-refractivity contribution < 1.29 is 25.8 Å². The maximum absolute atomic E-state index is 14.3. The van der Waals surface area contributed by atoms with Crippen molar-refractivity contribution in [1.29, 1.82) is 0 Å². The molecule has 0 saturated carbocycles. The lowest BCUT2D eigenvalue weighted by molar-refractivity contribution is 0.103. The second-order valence-corrected chi connectivity index (χ2v) is 21.4. The standard InChI is InChI=1S/C51H33NO6S3/c1-59(54)47-16-8-4-12-42(47)52(43-13-5-9-17-48(43)59)37-26-22-33(23-27-37)36-24-28-40-49(31-36)61(57,58)46-29-25-35(30-41(46)51(40)53)32-18-20-34(21-19-32)50-38-10-2-6-14-44(38)60(55,56)45-15-7-3-11-39(45)50/h2-31,50H,1H2. The molecule has 3 heterocycles. The quantitative estimate of drug-likeness (QED) is 0.162. The Morgan fingerprint density at radius 1 is 0.410 bits per heavy atom. The van der Waals surface area contributed by atoms with Gasteiger partial charge in [-0.1, -0.05) is 109 Å². The zero-order chi connectivity index (χ0) is 41.8. The molecule has 0 bridgehead atoms. The highest BCUT2D eigenvalue weighted by Crippen LogP contribution is 2.49. The Bertz CT molecular complexity index is 3440. The molecule has 0 spiro atoms. The van der Waals surface area contributed by atoms with E-state index in [0.717, 1.165) is 33.8 Å². The average molecular weight is 852 g/mol. The molecule has 8 aromatic rings. The number of hydrogen-bond donors (Lipinski definition) is 0. The zero-order valence-electron chi connectivity index (χ0n) is 32.2. The summed E-state index contributed by atoms with van der Waals surface area (Å²) < 4.78 is 69.5. The van der Waals surface area contributed by atoms with Crippen LogP contribution in [-0.4, -0.2) is 32.7 Å². The fraction of sp³-hybridized carbons (Fsp3) is 0.0196. The molecule has 296 valence electrons. The number of anilines is 3. The van der Waals surface area contributed by atoms with Gasteiger partial charge in [-0.25, -0.2) is 16.8 Å². The monoisotopic (exact) mass is 851 g/mol. The Labute approximate surface area is 354 Å². The van der Waals surface area contributed by atoms with Gasteiger partial charge in [-0.3, -0.25) is 9.00 Å². The molecule has 0 atom stereocenters. The van der Waals surface area contributed by atoms with E-state index < -0.39 is 29.2 Å². The van der Waals surface area contributed by atoms with E-state index in [9.17, 15) is 25.8 Å². The molecule has 61 heavy (non-hydrogen) atoms. The summed E-state index contributed by atoms with van der Waals surface area (Å²) in [5.74, 6) is 3.44. The molecule has 0 amide bonds. The van der Waals surface area contributed by atoms with Crippen LogP contribution in [0.5, 0.6) is 0 Å². The van der Waals surface area contributed by atoms with Crippen LogP contribution in [0.15, 0.2) is 211 Å². The van der Waals surface area contributed by atoms with E-state index in [1.807, 2.05) is 121 Å². The van der Waals surface area contributed by atoms with Crippen molar-refractivity contribution >= 4 is 57.9 Å². The number of para-hydroxylation sites is 2. The van der Waals surface area contributed by atoms with E-state index in [4.69, 9.17) is 0 Å². The van der Waals surface area contributed by atoms with Crippen LogP contribution in [-0.2, 0) is 29.2 Å². The summed E-state index contributed by atoms with van der Waals surface area (Å²) in [6, 6.07) is 54.5. The number of fused-ring (bicyclic) bond motifs is 6. The van der Waals surface area contributed by atoms with Gasteiger partial charge in [0.05, 0.1) is 40.7 Å². The largest absolute Gasteiger partial charge is 0.308 e. The molecule has 0 aliphatic carbocycles. The number of nitrogens with zero attached hydrogens (tertiary/aromatic N) is 1. The summed E-state index contributed by atoms with van der Waals surface area (Å²) in [7, 11) is -10.5. The number of carbonyl (C=O) groups excluding carboxylic acids is 1. The second kappa shape index (κ2) is 13.3. The van der Waals surface area contributed by atoms with Gasteiger partial charge in [0, 0.05) is 32.3 Å². The van der Waals surface area contributed by atoms with Crippen molar-refractivity contribution in [2.45, 2.75) is 35.3 Å². The van der Waals surface area contributed by atoms with Crippen LogP contribution in [0.25, 0.3) is 22.3 Å². The first-order valence-electron chi connectivity index (χ1n) is 19.5. The summed E-state index contributed by atoms with van der Waals surface area (Å²) in [6.45, 7) is 0. The molecular formula is C51H33NO6S3. The molecule has 0 unspecified atom stereocenters. The van der Waals surface area contributed by atoms with Crippen LogP contribution in [0.2, 0.25) is 0 Å². The molecule has 8 aromatic carbocycles. The van der Waals surface area contributed by atoms with Crippen molar-refractivity contribution in [1.82, 2.24) is 0 Å². The number of benzene rings is 8. The molecule has 10 heteroatoms. The van der Waals surface area contributed by atoms with Crippen molar-refractivity contribution in [2.24, 2.45) is 0 Å². The molecule has 11 rings (SSSR count). The minimum atomic E-state index is -4.07. The Morgan fingerprint density at radius 3 is 1.46 bits per heavy atom. The first-order chi connectivity index (χ1) is 29.4. The fourth-order valence-corrected chi connectivity index (χ4v) is 14.3. The molecule has 7 nitrogen and oxygen atoms in total. The van der Waals surface area contributed by atoms with Gasteiger partial charge >= 0.3 is 0 Å². The topological polar surface area (TPSA) is 106 Å². The minimum Gasteiger partial charge on any atom is -0.308 e. The average Bonchev–Trinajstić information content (AvgIpc) is 3.29.